The van der Waals surface area contributed by atoms with Crippen molar-refractivity contribution in [3.05, 3.63) is 52.8 Å². The van der Waals surface area contributed by atoms with Crippen LogP contribution in [0.4, 0.5) is 5.69 Å². The van der Waals surface area contributed by atoms with Crippen LogP contribution in [0.3, 0.4) is 0 Å². The fraction of sp³-hybridized carbons (Fsp3) is 0.364. The van der Waals surface area contributed by atoms with Crippen molar-refractivity contribution in [1.82, 2.24) is 20.1 Å². The van der Waals surface area contributed by atoms with Crippen LogP contribution in [0.15, 0.2) is 30.3 Å². The van der Waals surface area contributed by atoms with Gasteiger partial charge < -0.3 is 10.6 Å². The molecule has 0 aliphatic heterocycles. The Labute approximate surface area is 170 Å². The van der Waals surface area contributed by atoms with Crippen LogP contribution in [0.1, 0.15) is 47.6 Å². The molecule has 3 rings (SSSR count). The fourth-order valence-electron chi connectivity index (χ4n) is 3.24. The quantitative estimate of drug-likeness (QED) is 0.671. The van der Waals surface area contributed by atoms with Crippen molar-refractivity contribution in [3.63, 3.8) is 0 Å². The summed E-state index contributed by atoms with van der Waals surface area (Å²) in [6.45, 7) is 7.98. The molecule has 0 aliphatic carbocycles. The average Bonchev–Trinajstić information content (AvgIpc) is 2.98. The number of hydrogen-bond acceptors (Lipinski definition) is 4. The zero-order valence-corrected chi connectivity index (χ0v) is 17.5. The molecule has 0 radical (unpaired) electrons. The summed E-state index contributed by atoms with van der Waals surface area (Å²) in [4.78, 5) is 29.5. The molecule has 1 atom stereocenters. The van der Waals surface area contributed by atoms with E-state index in [0.29, 0.717) is 17.8 Å². The van der Waals surface area contributed by atoms with Gasteiger partial charge in [0.25, 0.3) is 5.91 Å². The van der Waals surface area contributed by atoms with E-state index in [-0.39, 0.29) is 17.7 Å². The third-order valence-corrected chi connectivity index (χ3v) is 5.05. The predicted molar refractivity (Wildman–Crippen MR) is 114 cm³/mol. The van der Waals surface area contributed by atoms with Gasteiger partial charge in [-0.1, -0.05) is 26.0 Å². The van der Waals surface area contributed by atoms with Crippen molar-refractivity contribution in [2.45, 2.75) is 40.7 Å². The Morgan fingerprint density at radius 1 is 1.21 bits per heavy atom. The number of pyridine rings is 1. The fourth-order valence-corrected chi connectivity index (χ4v) is 3.24. The summed E-state index contributed by atoms with van der Waals surface area (Å²) < 4.78 is 1.69. The number of fused-ring (bicyclic) bond motifs is 1. The molecule has 0 saturated carbocycles. The highest BCUT2D eigenvalue weighted by Gasteiger charge is 2.17. The first-order valence-corrected chi connectivity index (χ1v) is 9.79. The van der Waals surface area contributed by atoms with Crippen LogP contribution in [0.2, 0.25) is 0 Å². The molecule has 0 fully saturated rings. The van der Waals surface area contributed by atoms with Crippen LogP contribution < -0.4 is 10.6 Å². The lowest BCUT2D eigenvalue weighted by atomic mass is 10.1. The first kappa shape index (κ1) is 20.5. The third kappa shape index (κ3) is 4.45. The third-order valence-electron chi connectivity index (χ3n) is 5.05. The molecule has 2 heterocycles. The molecule has 0 spiro atoms. The standard InChI is InChI=1S/C22H27N5O2/c1-6-13(2)21(28)25-17-9-7-8-16(11-17)12-23-22(29)18-10-14(3)24-20-19(18)15(4)26-27(20)5/h7-11,13H,6,12H2,1-5H3,(H,23,29)(H,25,28). The van der Waals surface area contributed by atoms with Gasteiger partial charge in [0.1, 0.15) is 0 Å². The highest BCUT2D eigenvalue weighted by atomic mass is 16.2. The molecule has 0 aliphatic rings. The minimum absolute atomic E-state index is 0.00427. The van der Waals surface area contributed by atoms with E-state index in [9.17, 15) is 9.59 Å². The molecule has 7 heteroatoms. The molecule has 2 amide bonds. The smallest absolute Gasteiger partial charge is 0.252 e. The Bertz CT molecular complexity index is 1070. The summed E-state index contributed by atoms with van der Waals surface area (Å²) in [5, 5.41) is 11.0. The van der Waals surface area contributed by atoms with Gasteiger partial charge >= 0.3 is 0 Å². The van der Waals surface area contributed by atoms with Gasteiger partial charge in [-0.15, -0.1) is 0 Å². The van der Waals surface area contributed by atoms with Gasteiger partial charge in [0.2, 0.25) is 5.91 Å². The lowest BCUT2D eigenvalue weighted by Gasteiger charge is -2.12. The molecule has 0 saturated heterocycles. The van der Waals surface area contributed by atoms with Gasteiger partial charge in [-0.2, -0.15) is 5.10 Å². The van der Waals surface area contributed by atoms with E-state index in [1.807, 2.05) is 59.0 Å². The number of nitrogens with one attached hydrogen (secondary N) is 2. The SMILES string of the molecule is CCC(C)C(=O)Nc1cccc(CNC(=O)c2cc(C)nc3c2c(C)nn3C)c1. The molecule has 29 heavy (non-hydrogen) atoms. The van der Waals surface area contributed by atoms with E-state index in [1.54, 1.807) is 10.7 Å². The van der Waals surface area contributed by atoms with Crippen LogP contribution >= 0.6 is 0 Å². The summed E-state index contributed by atoms with van der Waals surface area (Å²) in [5.74, 6) is -0.223. The normalized spacial score (nSPS) is 12.0. The Morgan fingerprint density at radius 3 is 2.69 bits per heavy atom. The molecule has 2 aromatic heterocycles. The molecule has 7 nitrogen and oxygen atoms in total. The number of carbonyl (C=O) groups excluding carboxylic acids is 2. The maximum atomic E-state index is 12.9. The average molecular weight is 393 g/mol. The second-order valence-corrected chi connectivity index (χ2v) is 7.40. The summed E-state index contributed by atoms with van der Waals surface area (Å²) in [7, 11) is 1.82. The molecule has 3 aromatic rings. The first-order valence-electron chi connectivity index (χ1n) is 9.79. The molecular formula is C22H27N5O2. The number of carbonyl (C=O) groups is 2. The van der Waals surface area contributed by atoms with Gasteiger partial charge in [-0.3, -0.25) is 14.3 Å². The number of benzene rings is 1. The van der Waals surface area contributed by atoms with Crippen molar-refractivity contribution in [2.24, 2.45) is 13.0 Å². The monoisotopic (exact) mass is 393 g/mol. The number of hydrogen-bond donors (Lipinski definition) is 2. The Balaban J connectivity index is 1.76. The Hall–Kier alpha value is -3.22. The zero-order chi connectivity index (χ0) is 21.1. The van der Waals surface area contributed by atoms with Crippen LogP contribution in [0.25, 0.3) is 11.0 Å². The first-order chi connectivity index (χ1) is 13.8. The number of aromatic nitrogens is 3. The highest BCUT2D eigenvalue weighted by Crippen LogP contribution is 2.22. The Kier molecular flexibility index (Phi) is 5.96. The van der Waals surface area contributed by atoms with Crippen LogP contribution in [-0.4, -0.2) is 26.6 Å². The van der Waals surface area contributed by atoms with Gasteiger partial charge in [0.05, 0.1) is 16.6 Å². The molecule has 1 aromatic carbocycles. The van der Waals surface area contributed by atoms with Gasteiger partial charge in [0.15, 0.2) is 5.65 Å². The lowest BCUT2D eigenvalue weighted by Crippen LogP contribution is -2.24. The Morgan fingerprint density at radius 2 is 1.97 bits per heavy atom. The van der Waals surface area contributed by atoms with Crippen molar-refractivity contribution in [2.75, 3.05) is 5.32 Å². The summed E-state index contributed by atoms with van der Waals surface area (Å²) >= 11 is 0. The topological polar surface area (TPSA) is 88.9 Å². The van der Waals surface area contributed by atoms with Crippen LogP contribution in [-0.2, 0) is 18.4 Å². The molecule has 2 N–H and O–H groups in total. The van der Waals surface area contributed by atoms with E-state index in [4.69, 9.17) is 0 Å². The van der Waals surface area contributed by atoms with Crippen molar-refractivity contribution >= 4 is 28.5 Å². The highest BCUT2D eigenvalue weighted by molar-refractivity contribution is 6.06. The van der Waals surface area contributed by atoms with Crippen molar-refractivity contribution < 1.29 is 9.59 Å². The minimum Gasteiger partial charge on any atom is -0.348 e. The molecule has 0 bridgehead atoms. The summed E-state index contributed by atoms with van der Waals surface area (Å²) in [6.07, 6.45) is 0.787. The van der Waals surface area contributed by atoms with Crippen molar-refractivity contribution in [1.29, 1.82) is 0 Å². The maximum Gasteiger partial charge on any atom is 0.252 e. The van der Waals surface area contributed by atoms with Crippen molar-refractivity contribution in [3.8, 4) is 0 Å². The maximum absolute atomic E-state index is 12.9. The van der Waals surface area contributed by atoms with Crippen LogP contribution in [0.5, 0.6) is 0 Å². The number of rotatable bonds is 6. The second-order valence-electron chi connectivity index (χ2n) is 7.40. The van der Waals surface area contributed by atoms with E-state index in [2.05, 4.69) is 20.7 Å². The number of aryl methyl sites for hydroxylation is 3. The van der Waals surface area contributed by atoms with E-state index < -0.39 is 0 Å². The van der Waals surface area contributed by atoms with Gasteiger partial charge in [-0.05, 0) is 44.0 Å². The lowest BCUT2D eigenvalue weighted by molar-refractivity contribution is -0.119. The molecule has 152 valence electrons. The van der Waals surface area contributed by atoms with E-state index >= 15 is 0 Å². The van der Waals surface area contributed by atoms with Gasteiger partial charge in [0, 0.05) is 30.9 Å². The minimum atomic E-state index is -0.175. The summed E-state index contributed by atoms with van der Waals surface area (Å²) in [5.41, 5.74) is 4.44. The van der Waals surface area contributed by atoms with Gasteiger partial charge in [-0.25, -0.2) is 4.98 Å². The summed E-state index contributed by atoms with van der Waals surface area (Å²) in [6, 6.07) is 9.30. The largest absolute Gasteiger partial charge is 0.348 e. The number of amides is 2. The zero-order valence-electron chi connectivity index (χ0n) is 17.5. The number of anilines is 1. The predicted octanol–water partition coefficient (Wildman–Crippen LogP) is 3.50. The van der Waals surface area contributed by atoms with E-state index in [1.165, 1.54) is 0 Å². The van der Waals surface area contributed by atoms with E-state index in [0.717, 1.165) is 34.4 Å². The van der Waals surface area contributed by atoms with Crippen LogP contribution in [0, 0.1) is 19.8 Å². The molecular weight excluding hydrogens is 366 g/mol. The molecule has 1 unspecified atom stereocenters. The second kappa shape index (κ2) is 8.43. The number of nitrogens with zero attached hydrogens (tertiary/aromatic N) is 3.